The van der Waals surface area contributed by atoms with Crippen molar-refractivity contribution in [2.24, 2.45) is 5.92 Å². The first-order valence-electron chi connectivity index (χ1n) is 6.66. The summed E-state index contributed by atoms with van der Waals surface area (Å²) in [5.74, 6) is 1.32. The van der Waals surface area contributed by atoms with E-state index < -0.39 is 0 Å². The van der Waals surface area contributed by atoms with Gasteiger partial charge < -0.3 is 10.4 Å². The van der Waals surface area contributed by atoms with Crippen molar-refractivity contribution < 1.29 is 5.11 Å². The van der Waals surface area contributed by atoms with Gasteiger partial charge in [-0.2, -0.15) is 0 Å². The third-order valence-corrected chi connectivity index (χ3v) is 3.79. The van der Waals surface area contributed by atoms with Gasteiger partial charge in [-0.3, -0.25) is 0 Å². The van der Waals surface area contributed by atoms with Gasteiger partial charge in [-0.1, -0.05) is 25.0 Å². The average molecular weight is 233 g/mol. The lowest BCUT2D eigenvalue weighted by atomic mass is 10.1. The van der Waals surface area contributed by atoms with Crippen molar-refractivity contribution in [3.63, 3.8) is 0 Å². The molecule has 2 heteroatoms. The van der Waals surface area contributed by atoms with Crippen molar-refractivity contribution in [3.05, 3.63) is 28.8 Å². The first kappa shape index (κ1) is 12.4. The number of aryl methyl sites for hydroxylation is 2. The van der Waals surface area contributed by atoms with E-state index in [4.69, 9.17) is 0 Å². The molecule has 0 aromatic heterocycles. The predicted molar refractivity (Wildman–Crippen MR) is 71.2 cm³/mol. The van der Waals surface area contributed by atoms with E-state index in [2.05, 4.69) is 17.4 Å². The van der Waals surface area contributed by atoms with Gasteiger partial charge >= 0.3 is 0 Å². The van der Waals surface area contributed by atoms with E-state index in [0.717, 1.165) is 30.1 Å². The Hall–Kier alpha value is -1.02. The third-order valence-electron chi connectivity index (χ3n) is 3.79. The van der Waals surface area contributed by atoms with E-state index >= 15 is 0 Å². The average Bonchev–Trinajstić information content (AvgIpc) is 2.79. The van der Waals surface area contributed by atoms with Crippen molar-refractivity contribution in [1.82, 2.24) is 5.32 Å². The second-order valence-electron chi connectivity index (χ2n) is 5.36. The molecule has 2 rings (SSSR count). The Morgan fingerprint density at radius 2 is 1.76 bits per heavy atom. The molecular weight excluding hydrogens is 210 g/mol. The molecule has 94 valence electrons. The minimum absolute atomic E-state index is 0.435. The van der Waals surface area contributed by atoms with Gasteiger partial charge in [0.05, 0.1) is 0 Å². The van der Waals surface area contributed by atoms with Crippen molar-refractivity contribution in [1.29, 1.82) is 0 Å². The lowest BCUT2D eigenvalue weighted by Gasteiger charge is -2.12. The SMILES string of the molecule is Cc1cc(CNCC2CCCC2)cc(C)c1O. The molecule has 1 aromatic carbocycles. The smallest absolute Gasteiger partial charge is 0.121 e. The molecule has 0 atom stereocenters. The molecule has 0 spiro atoms. The van der Waals surface area contributed by atoms with Gasteiger partial charge in [0.15, 0.2) is 0 Å². The molecule has 1 aliphatic carbocycles. The molecule has 1 aromatic rings. The van der Waals surface area contributed by atoms with Crippen LogP contribution in [0.5, 0.6) is 5.75 Å². The zero-order chi connectivity index (χ0) is 12.3. The number of phenolic OH excluding ortho intramolecular Hbond substituents is 1. The Bertz CT molecular complexity index is 358. The summed E-state index contributed by atoms with van der Waals surface area (Å²) in [5.41, 5.74) is 3.22. The minimum atomic E-state index is 0.435. The molecule has 1 aliphatic rings. The maximum atomic E-state index is 9.71. The van der Waals surface area contributed by atoms with Crippen LogP contribution in [0, 0.1) is 19.8 Å². The number of hydrogen-bond acceptors (Lipinski definition) is 2. The molecule has 2 nitrogen and oxygen atoms in total. The quantitative estimate of drug-likeness (QED) is 0.836. The van der Waals surface area contributed by atoms with Crippen LogP contribution in [0.1, 0.15) is 42.4 Å². The van der Waals surface area contributed by atoms with Gasteiger partial charge in [0.25, 0.3) is 0 Å². The first-order valence-corrected chi connectivity index (χ1v) is 6.66. The summed E-state index contributed by atoms with van der Waals surface area (Å²) in [5, 5.41) is 13.2. The topological polar surface area (TPSA) is 32.3 Å². The fourth-order valence-electron chi connectivity index (χ4n) is 2.78. The minimum Gasteiger partial charge on any atom is -0.507 e. The molecule has 0 amide bonds. The third kappa shape index (κ3) is 3.22. The van der Waals surface area contributed by atoms with Crippen molar-refractivity contribution in [3.8, 4) is 5.75 Å². The normalized spacial score (nSPS) is 16.6. The standard InChI is InChI=1S/C15H23NO/c1-11-7-14(8-12(2)15(11)17)10-16-9-13-5-3-4-6-13/h7-8,13,16-17H,3-6,9-10H2,1-2H3. The number of benzene rings is 1. The summed E-state index contributed by atoms with van der Waals surface area (Å²) >= 11 is 0. The molecule has 0 aliphatic heterocycles. The highest BCUT2D eigenvalue weighted by Crippen LogP contribution is 2.25. The van der Waals surface area contributed by atoms with Gasteiger partial charge in [-0.25, -0.2) is 0 Å². The van der Waals surface area contributed by atoms with E-state index in [1.54, 1.807) is 0 Å². The number of phenols is 1. The van der Waals surface area contributed by atoms with E-state index in [-0.39, 0.29) is 0 Å². The van der Waals surface area contributed by atoms with Crippen LogP contribution < -0.4 is 5.32 Å². The number of aromatic hydroxyl groups is 1. The molecule has 1 fully saturated rings. The van der Waals surface area contributed by atoms with E-state index in [9.17, 15) is 5.11 Å². The van der Waals surface area contributed by atoms with Crippen LogP contribution in [-0.2, 0) is 6.54 Å². The van der Waals surface area contributed by atoms with Gasteiger partial charge in [-0.15, -0.1) is 0 Å². The molecule has 1 saturated carbocycles. The second-order valence-corrected chi connectivity index (χ2v) is 5.36. The zero-order valence-electron chi connectivity index (χ0n) is 10.9. The van der Waals surface area contributed by atoms with Crippen LogP contribution in [0.4, 0.5) is 0 Å². The highest BCUT2D eigenvalue weighted by molar-refractivity contribution is 5.42. The van der Waals surface area contributed by atoms with Gasteiger partial charge in [0.1, 0.15) is 5.75 Å². The largest absolute Gasteiger partial charge is 0.507 e. The molecule has 0 bridgehead atoms. The first-order chi connectivity index (χ1) is 8.16. The van der Waals surface area contributed by atoms with E-state index in [1.165, 1.54) is 31.2 Å². The molecule has 0 saturated heterocycles. The Morgan fingerprint density at radius 3 is 2.35 bits per heavy atom. The number of hydrogen-bond donors (Lipinski definition) is 2. The van der Waals surface area contributed by atoms with Crippen LogP contribution in [0.15, 0.2) is 12.1 Å². The summed E-state index contributed by atoms with van der Waals surface area (Å²) in [6, 6.07) is 4.15. The number of rotatable bonds is 4. The van der Waals surface area contributed by atoms with Crippen molar-refractivity contribution in [2.75, 3.05) is 6.54 Å². The van der Waals surface area contributed by atoms with Crippen molar-refractivity contribution in [2.45, 2.75) is 46.1 Å². The maximum absolute atomic E-state index is 9.71. The van der Waals surface area contributed by atoms with E-state index in [1.807, 2.05) is 13.8 Å². The Labute approximate surface area is 104 Å². The van der Waals surface area contributed by atoms with Crippen LogP contribution in [0.25, 0.3) is 0 Å². The van der Waals surface area contributed by atoms with Gasteiger partial charge in [0.2, 0.25) is 0 Å². The highest BCUT2D eigenvalue weighted by atomic mass is 16.3. The lowest BCUT2D eigenvalue weighted by Crippen LogP contribution is -2.20. The Kier molecular flexibility index (Phi) is 4.06. The zero-order valence-corrected chi connectivity index (χ0v) is 10.9. The molecule has 0 radical (unpaired) electrons. The van der Waals surface area contributed by atoms with Crippen molar-refractivity contribution >= 4 is 0 Å². The molecule has 2 N–H and O–H groups in total. The summed E-state index contributed by atoms with van der Waals surface area (Å²) in [7, 11) is 0. The van der Waals surface area contributed by atoms with Crippen LogP contribution in [0.3, 0.4) is 0 Å². The Balaban J connectivity index is 1.86. The lowest BCUT2D eigenvalue weighted by molar-refractivity contribution is 0.465. The van der Waals surface area contributed by atoms with Gasteiger partial charge in [-0.05, 0) is 55.8 Å². The Morgan fingerprint density at radius 1 is 1.18 bits per heavy atom. The second kappa shape index (κ2) is 5.54. The molecular formula is C15H23NO. The molecule has 17 heavy (non-hydrogen) atoms. The molecule has 0 unspecified atom stereocenters. The predicted octanol–water partition coefficient (Wildman–Crippen LogP) is 3.29. The van der Waals surface area contributed by atoms with Gasteiger partial charge in [0, 0.05) is 6.54 Å². The monoisotopic (exact) mass is 233 g/mol. The summed E-state index contributed by atoms with van der Waals surface area (Å²) in [6.07, 6.45) is 5.59. The summed E-state index contributed by atoms with van der Waals surface area (Å²) < 4.78 is 0. The van der Waals surface area contributed by atoms with Crippen LogP contribution in [-0.4, -0.2) is 11.7 Å². The maximum Gasteiger partial charge on any atom is 0.121 e. The van der Waals surface area contributed by atoms with Crippen LogP contribution in [0.2, 0.25) is 0 Å². The van der Waals surface area contributed by atoms with E-state index in [0.29, 0.717) is 5.75 Å². The summed E-state index contributed by atoms with van der Waals surface area (Å²) in [6.45, 7) is 5.98. The summed E-state index contributed by atoms with van der Waals surface area (Å²) in [4.78, 5) is 0. The highest BCUT2D eigenvalue weighted by Gasteiger charge is 2.14. The fourth-order valence-corrected chi connectivity index (χ4v) is 2.78. The molecule has 0 heterocycles. The number of nitrogens with one attached hydrogen (secondary N) is 1. The van der Waals surface area contributed by atoms with Crippen LogP contribution >= 0.6 is 0 Å². The fraction of sp³-hybridized carbons (Fsp3) is 0.600.